The number of carbonyl (C=O) groups excluding carboxylic acids is 2. The molecule has 3 atom stereocenters. The second kappa shape index (κ2) is 8.88. The molecule has 18 heteroatoms. The maximum absolute atomic E-state index is 12.7. The molecule has 1 aromatic rings. The van der Waals surface area contributed by atoms with Gasteiger partial charge in [-0.1, -0.05) is 16.9 Å². The lowest BCUT2D eigenvalue weighted by Crippen LogP contribution is -2.73. The van der Waals surface area contributed by atoms with Crippen molar-refractivity contribution >= 4 is 45.6 Å². The third-order valence-corrected chi connectivity index (χ3v) is 5.72. The number of aliphatic carboxylic acids is 1. The van der Waals surface area contributed by atoms with Gasteiger partial charge in [0.2, 0.25) is 6.61 Å². The van der Waals surface area contributed by atoms with Crippen LogP contribution in [0.2, 0.25) is 0 Å². The van der Waals surface area contributed by atoms with E-state index in [9.17, 15) is 27.4 Å². The largest absolute Gasteiger partial charge is 0.479 e. The Morgan fingerprint density at radius 2 is 2.19 bits per heavy atom. The summed E-state index contributed by atoms with van der Waals surface area (Å²) in [6.45, 7) is -1.04. The highest BCUT2D eigenvalue weighted by molar-refractivity contribution is 8.02. The topological polar surface area (TPSA) is 231 Å². The highest BCUT2D eigenvalue weighted by atomic mass is 32.2. The molecule has 31 heavy (non-hydrogen) atoms. The Hall–Kier alpha value is -3.22. The van der Waals surface area contributed by atoms with Gasteiger partial charge in [0.25, 0.3) is 11.8 Å². The molecule has 0 aromatic carbocycles. The van der Waals surface area contributed by atoms with Gasteiger partial charge >= 0.3 is 16.3 Å². The van der Waals surface area contributed by atoms with Gasteiger partial charge in [0, 0.05) is 5.41 Å². The van der Waals surface area contributed by atoms with E-state index in [1.165, 1.54) is 22.7 Å². The standard InChI is InChI=1S/C13H16N8O8S2/c14-13-17-6(3-30-13)9(19-29-2-8(22)23)11(24)18-10-7(1-20-5-15-4-16-20)21(12(10)25)31(26,27)28/h3-5,7,10,13,17H,1-2,14H2,(H,18,24)(H,22,23)(H,26,27,28)/b19-9-. The first-order valence-corrected chi connectivity index (χ1v) is 10.7. The molecule has 16 nitrogen and oxygen atoms in total. The Bertz CT molecular complexity index is 1040. The van der Waals surface area contributed by atoms with Crippen LogP contribution < -0.4 is 16.4 Å². The molecule has 0 radical (unpaired) electrons. The van der Waals surface area contributed by atoms with E-state index < -0.39 is 58.0 Å². The first kappa shape index (κ1) is 22.5. The fourth-order valence-corrected chi connectivity index (χ4v) is 4.25. The van der Waals surface area contributed by atoms with Crippen molar-refractivity contribution in [2.75, 3.05) is 6.61 Å². The quantitative estimate of drug-likeness (QED) is 0.102. The molecule has 168 valence electrons. The molecule has 3 heterocycles. The molecule has 2 amide bonds. The van der Waals surface area contributed by atoms with Crippen LogP contribution in [0.5, 0.6) is 0 Å². The number of nitrogens with one attached hydrogen (secondary N) is 2. The van der Waals surface area contributed by atoms with Crippen molar-refractivity contribution in [3.63, 3.8) is 0 Å². The lowest BCUT2D eigenvalue weighted by atomic mass is 9.98. The zero-order valence-corrected chi connectivity index (χ0v) is 17.0. The van der Waals surface area contributed by atoms with Crippen LogP contribution in [-0.2, 0) is 36.1 Å². The fraction of sp³-hybridized carbons (Fsp3) is 0.385. The van der Waals surface area contributed by atoms with Gasteiger partial charge in [-0.3, -0.25) is 18.8 Å². The molecule has 0 spiro atoms. The number of nitrogens with zero attached hydrogens (tertiary/aromatic N) is 5. The van der Waals surface area contributed by atoms with Gasteiger partial charge in [0.15, 0.2) is 5.71 Å². The Morgan fingerprint density at radius 3 is 2.74 bits per heavy atom. The molecule has 2 aliphatic heterocycles. The molecule has 6 N–H and O–H groups in total. The molecule has 3 unspecified atom stereocenters. The van der Waals surface area contributed by atoms with Crippen molar-refractivity contribution in [3.8, 4) is 0 Å². The first-order chi connectivity index (χ1) is 14.6. The zero-order chi connectivity index (χ0) is 22.8. The smallest absolute Gasteiger partial charge is 0.362 e. The summed E-state index contributed by atoms with van der Waals surface area (Å²) in [5.41, 5.74) is 4.75. The van der Waals surface area contributed by atoms with E-state index in [4.69, 9.17) is 10.8 Å². The van der Waals surface area contributed by atoms with Crippen LogP contribution in [-0.4, -0.2) is 84.8 Å². The number of nitrogens with two attached hydrogens (primary N) is 1. The van der Waals surface area contributed by atoms with Crippen molar-refractivity contribution < 1.29 is 37.3 Å². The molecule has 0 saturated carbocycles. The van der Waals surface area contributed by atoms with Crippen LogP contribution in [0.25, 0.3) is 0 Å². The number of rotatable bonds is 9. The van der Waals surface area contributed by atoms with Crippen molar-refractivity contribution in [1.82, 2.24) is 29.7 Å². The second-order valence-corrected chi connectivity index (χ2v) is 8.39. The molecule has 2 aliphatic rings. The van der Waals surface area contributed by atoms with Gasteiger partial charge in [0.1, 0.15) is 24.2 Å². The maximum atomic E-state index is 12.7. The minimum Gasteiger partial charge on any atom is -0.479 e. The zero-order valence-electron chi connectivity index (χ0n) is 15.4. The number of hydrogen-bond acceptors (Lipinski definition) is 12. The molecule has 3 rings (SSSR count). The highest BCUT2D eigenvalue weighted by Gasteiger charge is 2.54. The van der Waals surface area contributed by atoms with Gasteiger partial charge < -0.3 is 26.3 Å². The molecule has 1 saturated heterocycles. The number of hydrogen-bond donors (Lipinski definition) is 5. The lowest BCUT2D eigenvalue weighted by molar-refractivity contribution is -0.145. The third-order valence-electron chi connectivity index (χ3n) is 3.99. The molecule has 1 aromatic heterocycles. The summed E-state index contributed by atoms with van der Waals surface area (Å²) in [5.74, 6) is -3.41. The van der Waals surface area contributed by atoms with Crippen LogP contribution in [0, 0.1) is 0 Å². The number of carboxylic acids is 1. The summed E-state index contributed by atoms with van der Waals surface area (Å²) in [6.07, 6.45) is 2.43. The van der Waals surface area contributed by atoms with E-state index in [-0.39, 0.29) is 16.5 Å². The Balaban J connectivity index is 1.80. The van der Waals surface area contributed by atoms with Crippen molar-refractivity contribution in [3.05, 3.63) is 23.8 Å². The van der Waals surface area contributed by atoms with E-state index in [1.807, 2.05) is 0 Å². The number of carboxylic acid groups (broad SMARTS) is 1. The van der Waals surface area contributed by atoms with Gasteiger partial charge in [-0.05, 0) is 0 Å². The predicted octanol–water partition coefficient (Wildman–Crippen LogP) is -3.35. The van der Waals surface area contributed by atoms with E-state index in [2.05, 4.69) is 30.7 Å². The number of amides is 2. The van der Waals surface area contributed by atoms with Gasteiger partial charge in [0.05, 0.1) is 18.3 Å². The fourth-order valence-electron chi connectivity index (χ4n) is 2.72. The van der Waals surface area contributed by atoms with Gasteiger partial charge in [-0.25, -0.2) is 14.1 Å². The van der Waals surface area contributed by atoms with E-state index in [0.717, 1.165) is 11.8 Å². The molecule has 1 fully saturated rings. The summed E-state index contributed by atoms with van der Waals surface area (Å²) >= 11 is 1.10. The van der Waals surface area contributed by atoms with Gasteiger partial charge in [-0.2, -0.15) is 13.5 Å². The summed E-state index contributed by atoms with van der Waals surface area (Å²) in [6, 6.07) is -2.58. The normalized spacial score (nSPS) is 23.6. The molecule has 0 aliphatic carbocycles. The van der Waals surface area contributed by atoms with Crippen molar-refractivity contribution in [2.45, 2.75) is 24.1 Å². The SMILES string of the molecule is NC1NC(/C(=N/OCC(=O)O)C(=O)NC2C(=O)N(S(=O)(=O)O)C2Cn2cncn2)=CS1. The van der Waals surface area contributed by atoms with Crippen LogP contribution in [0.3, 0.4) is 0 Å². The van der Waals surface area contributed by atoms with Crippen LogP contribution in [0.15, 0.2) is 28.9 Å². The Kier molecular flexibility index (Phi) is 6.43. The third kappa shape index (κ3) is 5.10. The second-order valence-electron chi connectivity index (χ2n) is 6.09. The minimum absolute atomic E-state index is 0.103. The highest BCUT2D eigenvalue weighted by Crippen LogP contribution is 2.25. The molecular formula is C13H16N8O8S2. The number of aromatic nitrogens is 3. The summed E-state index contributed by atoms with van der Waals surface area (Å²) in [4.78, 5) is 44.0. The molecule has 0 bridgehead atoms. The first-order valence-electron chi connectivity index (χ1n) is 8.31. The van der Waals surface area contributed by atoms with Crippen LogP contribution in [0.4, 0.5) is 0 Å². The van der Waals surface area contributed by atoms with E-state index in [0.29, 0.717) is 0 Å². The molecular weight excluding hydrogens is 460 g/mol. The van der Waals surface area contributed by atoms with Crippen LogP contribution >= 0.6 is 11.8 Å². The average molecular weight is 476 g/mol. The monoisotopic (exact) mass is 476 g/mol. The number of thioether (sulfide) groups is 1. The summed E-state index contributed by atoms with van der Waals surface area (Å²) in [5, 5.41) is 22.4. The van der Waals surface area contributed by atoms with E-state index >= 15 is 0 Å². The maximum Gasteiger partial charge on any atom is 0.362 e. The lowest BCUT2D eigenvalue weighted by Gasteiger charge is -2.43. The van der Waals surface area contributed by atoms with E-state index in [1.54, 1.807) is 0 Å². The Labute approximate surface area is 178 Å². The number of β-lactam (4-membered cyclic amide) rings is 1. The van der Waals surface area contributed by atoms with Gasteiger partial charge in [-0.15, -0.1) is 0 Å². The number of oxime groups is 1. The van der Waals surface area contributed by atoms with Crippen LogP contribution in [0.1, 0.15) is 0 Å². The average Bonchev–Trinajstić information content (AvgIpc) is 3.33. The minimum atomic E-state index is -4.90. The summed E-state index contributed by atoms with van der Waals surface area (Å²) in [7, 11) is -4.90. The van der Waals surface area contributed by atoms with Crippen molar-refractivity contribution in [1.29, 1.82) is 0 Å². The number of carbonyl (C=O) groups is 3. The summed E-state index contributed by atoms with van der Waals surface area (Å²) < 4.78 is 33.8. The Morgan fingerprint density at radius 1 is 1.45 bits per heavy atom. The predicted molar refractivity (Wildman–Crippen MR) is 102 cm³/mol. The van der Waals surface area contributed by atoms with Crippen molar-refractivity contribution in [2.24, 2.45) is 10.9 Å².